The Morgan fingerprint density at radius 2 is 1.75 bits per heavy atom. The number of aliphatic hydroxyl groups is 4. The monoisotopic (exact) mass is 424 g/mol. The zero-order chi connectivity index (χ0) is 20.0. The van der Waals surface area contributed by atoms with Gasteiger partial charge in [-0.15, -0.1) is 5.10 Å². The van der Waals surface area contributed by atoms with E-state index in [2.05, 4.69) is 10.1 Å². The summed E-state index contributed by atoms with van der Waals surface area (Å²) in [5, 5.41) is 44.0. The Labute approximate surface area is 167 Å². The minimum absolute atomic E-state index is 0.00487. The van der Waals surface area contributed by atoms with Crippen molar-refractivity contribution < 1.29 is 29.6 Å². The van der Waals surface area contributed by atoms with Crippen molar-refractivity contribution in [3.05, 3.63) is 39.9 Å². The van der Waals surface area contributed by atoms with E-state index in [0.717, 1.165) is 0 Å². The summed E-state index contributed by atoms with van der Waals surface area (Å²) >= 11 is 10.7. The van der Waals surface area contributed by atoms with Crippen LogP contribution >= 0.6 is 24.4 Å². The largest absolute Gasteiger partial charge is 0.403 e. The van der Waals surface area contributed by atoms with Gasteiger partial charge < -0.3 is 29.6 Å². The third-order valence-corrected chi connectivity index (χ3v) is 5.14. The second kappa shape index (κ2) is 7.40. The van der Waals surface area contributed by atoms with E-state index in [0.29, 0.717) is 5.56 Å². The third kappa shape index (κ3) is 3.08. The van der Waals surface area contributed by atoms with E-state index in [9.17, 15) is 20.4 Å². The van der Waals surface area contributed by atoms with E-state index in [1.165, 1.54) is 9.08 Å². The van der Waals surface area contributed by atoms with Gasteiger partial charge in [0.25, 0.3) is 0 Å². The molecule has 0 saturated carbocycles. The molecule has 1 aromatic carbocycles. The highest BCUT2D eigenvalue weighted by Gasteiger charge is 2.44. The van der Waals surface area contributed by atoms with Gasteiger partial charge in [-0.05, 0) is 36.6 Å². The van der Waals surface area contributed by atoms with Crippen LogP contribution in [0.2, 0.25) is 0 Å². The first-order chi connectivity index (χ1) is 13.4. The molecule has 4 rings (SSSR count). The standard InChI is InChI=1S/C16H16N4O6S2/c21-6-8-9(22)10(23)11(24)13(25-8)19-15(27)17-14-20(16(19)28)18-12(26-14)7-4-2-1-3-5-7/h1-5,8-11,13,21-24H,6H2/t8-,9-,10+,11-,13-/m1/s1. The van der Waals surface area contributed by atoms with Crippen LogP contribution in [0, 0.1) is 9.54 Å². The molecule has 0 aliphatic carbocycles. The van der Waals surface area contributed by atoms with Crippen LogP contribution in [-0.4, -0.2) is 70.6 Å². The predicted molar refractivity (Wildman–Crippen MR) is 99.4 cm³/mol. The summed E-state index contributed by atoms with van der Waals surface area (Å²) in [6.45, 7) is -0.577. The van der Waals surface area contributed by atoms with Crippen molar-refractivity contribution in [2.24, 2.45) is 0 Å². The molecular formula is C16H16N4O6S2. The first-order valence-corrected chi connectivity index (χ1v) is 9.12. The van der Waals surface area contributed by atoms with Crippen LogP contribution in [0.5, 0.6) is 0 Å². The normalized spacial score (nSPS) is 27.9. The number of aliphatic hydroxyl groups excluding tert-OH is 4. The Morgan fingerprint density at radius 1 is 1.04 bits per heavy atom. The van der Waals surface area contributed by atoms with Gasteiger partial charge in [0, 0.05) is 5.56 Å². The number of nitrogens with zero attached hydrogens (tertiary/aromatic N) is 4. The molecule has 2 aromatic heterocycles. The van der Waals surface area contributed by atoms with Crippen LogP contribution in [0.3, 0.4) is 0 Å². The van der Waals surface area contributed by atoms with E-state index in [1.54, 1.807) is 12.1 Å². The number of hydrogen-bond donors (Lipinski definition) is 4. The summed E-state index contributed by atoms with van der Waals surface area (Å²) in [6.07, 6.45) is -7.04. The second-order valence-corrected chi connectivity index (χ2v) is 6.96. The lowest BCUT2D eigenvalue weighted by atomic mass is 9.98. The lowest BCUT2D eigenvalue weighted by molar-refractivity contribution is -0.252. The Bertz CT molecular complexity index is 1110. The van der Waals surface area contributed by atoms with Crippen LogP contribution in [0.25, 0.3) is 17.3 Å². The molecular weight excluding hydrogens is 408 g/mol. The highest BCUT2D eigenvalue weighted by molar-refractivity contribution is 7.72. The topological polar surface area (TPSA) is 138 Å². The van der Waals surface area contributed by atoms with Gasteiger partial charge in [-0.25, -0.2) is 0 Å². The van der Waals surface area contributed by atoms with E-state index < -0.39 is 37.3 Å². The molecule has 1 saturated heterocycles. The Morgan fingerprint density at radius 3 is 2.43 bits per heavy atom. The summed E-state index contributed by atoms with van der Waals surface area (Å²) in [6, 6.07) is 9.10. The fourth-order valence-electron chi connectivity index (χ4n) is 3.01. The van der Waals surface area contributed by atoms with E-state index >= 15 is 0 Å². The zero-order valence-electron chi connectivity index (χ0n) is 14.2. The number of benzene rings is 1. The zero-order valence-corrected chi connectivity index (χ0v) is 15.8. The quantitative estimate of drug-likeness (QED) is 0.432. The van der Waals surface area contributed by atoms with Crippen molar-refractivity contribution in [1.82, 2.24) is 19.2 Å². The van der Waals surface area contributed by atoms with Crippen molar-refractivity contribution >= 4 is 30.3 Å². The molecule has 0 bridgehead atoms. The fraction of sp³-hybridized carbons (Fsp3) is 0.375. The van der Waals surface area contributed by atoms with Crippen molar-refractivity contribution in [3.8, 4) is 11.5 Å². The number of rotatable bonds is 3. The molecule has 3 heterocycles. The van der Waals surface area contributed by atoms with Crippen LogP contribution in [0.1, 0.15) is 6.23 Å². The number of fused-ring (bicyclic) bond motifs is 1. The Kier molecular flexibility index (Phi) is 5.09. The summed E-state index contributed by atoms with van der Waals surface area (Å²) in [4.78, 5) is 4.13. The smallest absolute Gasteiger partial charge is 0.330 e. The van der Waals surface area contributed by atoms with Crippen LogP contribution < -0.4 is 0 Å². The summed E-state index contributed by atoms with van der Waals surface area (Å²) in [5.74, 6) is 0.315. The maximum atomic E-state index is 10.4. The second-order valence-electron chi connectivity index (χ2n) is 6.23. The molecule has 10 nitrogen and oxygen atoms in total. The van der Waals surface area contributed by atoms with Crippen LogP contribution in [-0.2, 0) is 4.74 Å². The molecule has 0 amide bonds. The van der Waals surface area contributed by atoms with Gasteiger partial charge >= 0.3 is 5.84 Å². The maximum Gasteiger partial charge on any atom is 0.330 e. The average molecular weight is 424 g/mol. The molecule has 0 spiro atoms. The molecule has 1 aliphatic rings. The number of hydrogen-bond acceptors (Lipinski definition) is 10. The Hall–Kier alpha value is -2.06. The number of ether oxygens (including phenoxy) is 1. The summed E-state index contributed by atoms with van der Waals surface area (Å²) in [7, 11) is 0. The van der Waals surface area contributed by atoms with Gasteiger partial charge in [0.2, 0.25) is 15.4 Å². The van der Waals surface area contributed by atoms with Gasteiger partial charge in [0.1, 0.15) is 24.4 Å². The van der Waals surface area contributed by atoms with Crippen molar-refractivity contribution in [3.63, 3.8) is 0 Å². The average Bonchev–Trinajstić information content (AvgIpc) is 3.13. The summed E-state index contributed by atoms with van der Waals surface area (Å²) < 4.78 is 13.5. The lowest BCUT2D eigenvalue weighted by Gasteiger charge is -2.40. The molecule has 12 heteroatoms. The fourth-order valence-corrected chi connectivity index (χ4v) is 3.64. The first-order valence-electron chi connectivity index (χ1n) is 8.30. The number of aromatic nitrogens is 4. The molecule has 5 atom stereocenters. The van der Waals surface area contributed by atoms with Crippen LogP contribution in [0.15, 0.2) is 34.7 Å². The van der Waals surface area contributed by atoms with Gasteiger partial charge in [0.05, 0.1) is 6.61 Å². The minimum atomic E-state index is -1.58. The maximum absolute atomic E-state index is 10.4. The van der Waals surface area contributed by atoms with E-state index in [4.69, 9.17) is 33.6 Å². The van der Waals surface area contributed by atoms with E-state index in [-0.39, 0.29) is 21.3 Å². The molecule has 148 valence electrons. The molecule has 0 radical (unpaired) electrons. The van der Waals surface area contributed by atoms with Gasteiger partial charge in [-0.2, -0.15) is 9.50 Å². The molecule has 3 aromatic rings. The van der Waals surface area contributed by atoms with Gasteiger partial charge in [-0.3, -0.25) is 4.57 Å². The molecule has 1 fully saturated rings. The SMILES string of the molecule is OC[C@H]1O[C@@H](n2c(=S)nc3oc(-c4ccccc4)nn3c2=S)[C@H](O)[C@@H](O)[C@@H]1O. The molecule has 4 N–H and O–H groups in total. The summed E-state index contributed by atoms with van der Waals surface area (Å²) in [5.41, 5.74) is 0.702. The van der Waals surface area contributed by atoms with Crippen molar-refractivity contribution in [1.29, 1.82) is 0 Å². The Balaban J connectivity index is 1.84. The first kappa shape index (κ1) is 19.3. The minimum Gasteiger partial charge on any atom is -0.403 e. The van der Waals surface area contributed by atoms with Gasteiger partial charge in [-0.1, -0.05) is 18.2 Å². The predicted octanol–water partition coefficient (Wildman–Crippen LogP) is 0.222. The van der Waals surface area contributed by atoms with Crippen molar-refractivity contribution in [2.75, 3.05) is 6.61 Å². The van der Waals surface area contributed by atoms with Gasteiger partial charge in [0.15, 0.2) is 6.23 Å². The lowest BCUT2D eigenvalue weighted by Crippen LogP contribution is -2.56. The van der Waals surface area contributed by atoms with E-state index in [1.807, 2.05) is 18.2 Å². The third-order valence-electron chi connectivity index (χ3n) is 4.49. The highest BCUT2D eigenvalue weighted by atomic mass is 32.1. The molecule has 0 unspecified atom stereocenters. The molecule has 1 aliphatic heterocycles. The highest BCUT2D eigenvalue weighted by Crippen LogP contribution is 2.29. The van der Waals surface area contributed by atoms with Crippen molar-refractivity contribution in [2.45, 2.75) is 30.6 Å². The molecule has 28 heavy (non-hydrogen) atoms. The van der Waals surface area contributed by atoms with Crippen LogP contribution in [0.4, 0.5) is 0 Å².